The number of nitrogens with one attached hydrogen (secondary N) is 1. The van der Waals surface area contributed by atoms with Crippen molar-refractivity contribution in [1.29, 1.82) is 0 Å². The molecule has 1 heterocycles. The molecule has 1 amide bonds. The molecule has 0 aliphatic carbocycles. The van der Waals surface area contributed by atoms with Crippen LogP contribution in [0.25, 0.3) is 10.6 Å². The number of nitrogens with zero attached hydrogens (tertiary/aromatic N) is 1. The van der Waals surface area contributed by atoms with Crippen molar-refractivity contribution in [1.82, 2.24) is 10.3 Å². The number of thiazole rings is 1. The predicted molar refractivity (Wildman–Crippen MR) is 98.3 cm³/mol. The summed E-state index contributed by atoms with van der Waals surface area (Å²) in [5.74, 6) is 1.40. The average Bonchev–Trinajstić information content (AvgIpc) is 3.15. The Hall–Kier alpha value is -2.86. The minimum absolute atomic E-state index is 0.137. The number of hydrogen-bond acceptors (Lipinski definition) is 5. The first kappa shape index (κ1) is 17.0. The van der Waals surface area contributed by atoms with Crippen LogP contribution >= 0.6 is 11.3 Å². The number of methoxy groups -OCH3 is 2. The van der Waals surface area contributed by atoms with Crippen LogP contribution < -0.4 is 14.8 Å². The molecule has 0 atom stereocenters. The standard InChI is InChI=1S/C19H18N2O3S/c1-23-16-7-3-13(4-8-16)18(22)20-11-15-12-25-19(21-15)14-5-9-17(24-2)10-6-14/h3-10,12H,11H2,1-2H3,(H,20,22). The van der Waals surface area contributed by atoms with Crippen LogP contribution in [0.1, 0.15) is 16.1 Å². The van der Waals surface area contributed by atoms with Crippen molar-refractivity contribution in [2.75, 3.05) is 14.2 Å². The van der Waals surface area contributed by atoms with E-state index in [2.05, 4.69) is 10.3 Å². The molecule has 0 saturated heterocycles. The molecule has 0 radical (unpaired) electrons. The lowest BCUT2D eigenvalue weighted by molar-refractivity contribution is 0.0950. The Balaban J connectivity index is 1.61. The molecule has 128 valence electrons. The molecule has 0 aliphatic heterocycles. The van der Waals surface area contributed by atoms with Gasteiger partial charge in [-0.15, -0.1) is 11.3 Å². The lowest BCUT2D eigenvalue weighted by Gasteiger charge is -2.04. The van der Waals surface area contributed by atoms with E-state index in [1.165, 1.54) is 0 Å². The minimum atomic E-state index is -0.137. The van der Waals surface area contributed by atoms with Gasteiger partial charge in [-0.3, -0.25) is 4.79 Å². The van der Waals surface area contributed by atoms with Gasteiger partial charge in [0.25, 0.3) is 5.91 Å². The second kappa shape index (κ2) is 7.81. The number of carbonyl (C=O) groups is 1. The summed E-state index contributed by atoms with van der Waals surface area (Å²) in [6, 6.07) is 14.7. The smallest absolute Gasteiger partial charge is 0.251 e. The summed E-state index contributed by atoms with van der Waals surface area (Å²) in [6.07, 6.45) is 0. The third-order valence-corrected chi connectivity index (χ3v) is 4.61. The van der Waals surface area contributed by atoms with Crippen molar-refractivity contribution >= 4 is 17.2 Å². The Kier molecular flexibility index (Phi) is 5.30. The van der Waals surface area contributed by atoms with E-state index in [1.54, 1.807) is 49.8 Å². The number of carbonyl (C=O) groups excluding carboxylic acids is 1. The molecule has 25 heavy (non-hydrogen) atoms. The zero-order valence-electron chi connectivity index (χ0n) is 14.0. The van der Waals surface area contributed by atoms with Gasteiger partial charge in [-0.05, 0) is 48.5 Å². The van der Waals surface area contributed by atoms with Crippen molar-refractivity contribution in [2.24, 2.45) is 0 Å². The summed E-state index contributed by atoms with van der Waals surface area (Å²) in [6.45, 7) is 0.386. The van der Waals surface area contributed by atoms with Crippen LogP contribution in [0.15, 0.2) is 53.9 Å². The first-order valence-corrected chi connectivity index (χ1v) is 8.58. The quantitative estimate of drug-likeness (QED) is 0.732. The summed E-state index contributed by atoms with van der Waals surface area (Å²) in [5.41, 5.74) is 2.45. The largest absolute Gasteiger partial charge is 0.497 e. The van der Waals surface area contributed by atoms with E-state index in [0.717, 1.165) is 27.8 Å². The van der Waals surface area contributed by atoms with Crippen molar-refractivity contribution < 1.29 is 14.3 Å². The normalized spacial score (nSPS) is 10.3. The molecule has 0 spiro atoms. The van der Waals surface area contributed by atoms with E-state index >= 15 is 0 Å². The topological polar surface area (TPSA) is 60.5 Å². The van der Waals surface area contributed by atoms with Gasteiger partial charge in [-0.2, -0.15) is 0 Å². The van der Waals surface area contributed by atoms with Gasteiger partial charge < -0.3 is 14.8 Å². The molecule has 5 nitrogen and oxygen atoms in total. The number of aromatic nitrogens is 1. The Bertz CT molecular complexity index is 842. The zero-order valence-corrected chi connectivity index (χ0v) is 14.8. The second-order valence-electron chi connectivity index (χ2n) is 5.28. The molecule has 3 rings (SSSR count). The number of hydrogen-bond donors (Lipinski definition) is 1. The van der Waals surface area contributed by atoms with Gasteiger partial charge in [0.1, 0.15) is 16.5 Å². The maximum atomic E-state index is 12.2. The lowest BCUT2D eigenvalue weighted by Crippen LogP contribution is -2.22. The fourth-order valence-electron chi connectivity index (χ4n) is 2.27. The van der Waals surface area contributed by atoms with E-state index in [4.69, 9.17) is 9.47 Å². The molecular weight excluding hydrogens is 336 g/mol. The van der Waals surface area contributed by atoms with Gasteiger partial charge in [-0.1, -0.05) is 0 Å². The summed E-state index contributed by atoms with van der Waals surface area (Å²) in [4.78, 5) is 16.7. The Morgan fingerprint density at radius 3 is 2.20 bits per heavy atom. The molecule has 0 bridgehead atoms. The summed E-state index contributed by atoms with van der Waals surface area (Å²) >= 11 is 1.55. The Labute approximate surface area is 150 Å². The van der Waals surface area contributed by atoms with Gasteiger partial charge in [0.05, 0.1) is 26.5 Å². The van der Waals surface area contributed by atoms with Crippen molar-refractivity contribution in [3.05, 3.63) is 65.2 Å². The first-order chi connectivity index (χ1) is 12.2. The van der Waals surface area contributed by atoms with Crippen LogP contribution in [0.4, 0.5) is 0 Å². The van der Waals surface area contributed by atoms with Crippen LogP contribution in [-0.2, 0) is 6.54 Å². The lowest BCUT2D eigenvalue weighted by atomic mass is 10.2. The predicted octanol–water partition coefficient (Wildman–Crippen LogP) is 3.76. The Morgan fingerprint density at radius 2 is 1.60 bits per heavy atom. The SMILES string of the molecule is COc1ccc(C(=O)NCc2csc(-c3ccc(OC)cc3)n2)cc1. The fourth-order valence-corrected chi connectivity index (χ4v) is 3.10. The highest BCUT2D eigenvalue weighted by atomic mass is 32.1. The van der Waals surface area contributed by atoms with E-state index in [-0.39, 0.29) is 5.91 Å². The van der Waals surface area contributed by atoms with Crippen LogP contribution in [0.3, 0.4) is 0 Å². The number of amides is 1. The van der Waals surface area contributed by atoms with E-state index < -0.39 is 0 Å². The van der Waals surface area contributed by atoms with Gasteiger partial charge in [-0.25, -0.2) is 4.98 Å². The van der Waals surface area contributed by atoms with E-state index in [0.29, 0.717) is 12.1 Å². The fraction of sp³-hybridized carbons (Fsp3) is 0.158. The Morgan fingerprint density at radius 1 is 1.00 bits per heavy atom. The van der Waals surface area contributed by atoms with Crippen LogP contribution in [0, 0.1) is 0 Å². The zero-order chi connectivity index (χ0) is 17.6. The van der Waals surface area contributed by atoms with Gasteiger partial charge in [0.15, 0.2) is 0 Å². The highest BCUT2D eigenvalue weighted by molar-refractivity contribution is 7.13. The maximum absolute atomic E-state index is 12.2. The van der Waals surface area contributed by atoms with E-state index in [1.807, 2.05) is 29.6 Å². The van der Waals surface area contributed by atoms with Crippen molar-refractivity contribution in [3.63, 3.8) is 0 Å². The summed E-state index contributed by atoms with van der Waals surface area (Å²) in [7, 11) is 3.24. The third kappa shape index (κ3) is 4.16. The highest BCUT2D eigenvalue weighted by Gasteiger charge is 2.08. The molecule has 0 aliphatic rings. The molecular formula is C19H18N2O3S. The molecule has 2 aromatic carbocycles. The number of rotatable bonds is 6. The number of ether oxygens (including phenoxy) is 2. The molecule has 1 aromatic heterocycles. The monoisotopic (exact) mass is 354 g/mol. The molecule has 0 saturated carbocycles. The van der Waals surface area contributed by atoms with Crippen LogP contribution in [0.5, 0.6) is 11.5 Å². The van der Waals surface area contributed by atoms with Crippen LogP contribution in [0.2, 0.25) is 0 Å². The summed E-state index contributed by atoms with van der Waals surface area (Å²) in [5, 5.41) is 5.75. The van der Waals surface area contributed by atoms with Gasteiger partial charge in [0.2, 0.25) is 0 Å². The minimum Gasteiger partial charge on any atom is -0.497 e. The van der Waals surface area contributed by atoms with Crippen molar-refractivity contribution in [2.45, 2.75) is 6.54 Å². The van der Waals surface area contributed by atoms with Gasteiger partial charge in [0, 0.05) is 16.5 Å². The molecule has 0 unspecified atom stereocenters. The molecule has 0 fully saturated rings. The average molecular weight is 354 g/mol. The van der Waals surface area contributed by atoms with Crippen LogP contribution in [-0.4, -0.2) is 25.1 Å². The first-order valence-electron chi connectivity index (χ1n) is 7.70. The van der Waals surface area contributed by atoms with E-state index in [9.17, 15) is 4.79 Å². The summed E-state index contributed by atoms with van der Waals surface area (Å²) < 4.78 is 10.2. The highest BCUT2D eigenvalue weighted by Crippen LogP contribution is 2.25. The van der Waals surface area contributed by atoms with Gasteiger partial charge >= 0.3 is 0 Å². The third-order valence-electron chi connectivity index (χ3n) is 3.67. The van der Waals surface area contributed by atoms with Crippen molar-refractivity contribution in [3.8, 4) is 22.1 Å². The number of benzene rings is 2. The maximum Gasteiger partial charge on any atom is 0.251 e. The molecule has 1 N–H and O–H groups in total. The molecule has 6 heteroatoms. The molecule has 3 aromatic rings. The second-order valence-corrected chi connectivity index (χ2v) is 6.14.